The number of hydrogen-bond acceptors (Lipinski definition) is 5. The minimum absolute atomic E-state index is 0.0390. The van der Waals surface area contributed by atoms with Crippen LogP contribution in [0.3, 0.4) is 0 Å². The number of rotatable bonds is 9. The molecule has 1 N–H and O–H groups in total. The highest BCUT2D eigenvalue weighted by molar-refractivity contribution is 6.01. The third kappa shape index (κ3) is 5.55. The van der Waals surface area contributed by atoms with E-state index in [-0.39, 0.29) is 30.1 Å². The Kier molecular flexibility index (Phi) is 7.08. The van der Waals surface area contributed by atoms with Gasteiger partial charge in [-0.3, -0.25) is 4.79 Å². The van der Waals surface area contributed by atoms with Gasteiger partial charge in [0.1, 0.15) is 0 Å². The quantitative estimate of drug-likeness (QED) is 0.693. The fourth-order valence-corrected chi connectivity index (χ4v) is 2.06. The van der Waals surface area contributed by atoms with Crippen molar-refractivity contribution in [3.8, 4) is 0 Å². The van der Waals surface area contributed by atoms with Crippen molar-refractivity contribution in [2.45, 2.75) is 32.6 Å². The first kappa shape index (κ1) is 17.7. The second-order valence-corrected chi connectivity index (χ2v) is 4.99. The molecule has 0 spiro atoms. The zero-order chi connectivity index (χ0) is 16.5. The lowest BCUT2D eigenvalue weighted by Gasteiger charge is -2.15. The molecule has 1 aromatic rings. The van der Waals surface area contributed by atoms with Gasteiger partial charge in [-0.05, 0) is 24.8 Å². The maximum Gasteiger partial charge on any atom is 0.338 e. The molecule has 0 aromatic heterocycles. The summed E-state index contributed by atoms with van der Waals surface area (Å²) in [5.41, 5.74) is -0.241. The van der Waals surface area contributed by atoms with Crippen LogP contribution in [0.4, 0.5) is 0 Å². The molecule has 1 rings (SSSR count). The molecule has 6 heteroatoms. The highest BCUT2D eigenvalue weighted by Crippen LogP contribution is 2.15. The molecule has 1 aromatic carbocycles. The van der Waals surface area contributed by atoms with Gasteiger partial charge < -0.3 is 19.7 Å². The van der Waals surface area contributed by atoms with E-state index in [1.54, 1.807) is 6.07 Å². The predicted octanol–water partition coefficient (Wildman–Crippen LogP) is 1.49. The first-order valence-electron chi connectivity index (χ1n) is 7.15. The van der Waals surface area contributed by atoms with Gasteiger partial charge in [0.15, 0.2) is 0 Å². The van der Waals surface area contributed by atoms with Crippen LogP contribution in [-0.2, 0) is 9.53 Å². The van der Waals surface area contributed by atoms with Crippen LogP contribution in [0.25, 0.3) is 0 Å². The average Bonchev–Trinajstić information content (AvgIpc) is 2.49. The van der Waals surface area contributed by atoms with Crippen molar-refractivity contribution in [2.24, 2.45) is 5.92 Å². The molecule has 0 radical (unpaired) electrons. The number of aromatic carboxylic acids is 1. The van der Waals surface area contributed by atoms with Crippen molar-refractivity contribution >= 4 is 17.9 Å². The molecule has 0 aliphatic heterocycles. The summed E-state index contributed by atoms with van der Waals surface area (Å²) >= 11 is 0. The molecule has 120 valence electrons. The van der Waals surface area contributed by atoms with Gasteiger partial charge >= 0.3 is 11.9 Å². The number of carbonyl (C=O) groups is 3. The number of esters is 1. The Morgan fingerprint density at radius 1 is 1.23 bits per heavy atom. The predicted molar refractivity (Wildman–Crippen MR) is 76.3 cm³/mol. The number of carboxylic acid groups (broad SMARTS) is 2. The van der Waals surface area contributed by atoms with E-state index in [1.807, 2.05) is 6.92 Å². The summed E-state index contributed by atoms with van der Waals surface area (Å²) in [6.45, 7) is 2.06. The number of aliphatic carboxylic acids is 1. The van der Waals surface area contributed by atoms with Crippen LogP contribution < -0.4 is 5.11 Å². The van der Waals surface area contributed by atoms with Crippen LogP contribution in [-0.4, -0.2) is 29.6 Å². The summed E-state index contributed by atoms with van der Waals surface area (Å²) in [6.07, 6.45) is 1.98. The Morgan fingerprint density at radius 3 is 2.41 bits per heavy atom. The first-order valence-corrected chi connectivity index (χ1v) is 7.15. The molecule has 1 atom stereocenters. The van der Waals surface area contributed by atoms with Gasteiger partial charge in [-0.2, -0.15) is 0 Å². The average molecular weight is 307 g/mol. The van der Waals surface area contributed by atoms with Crippen molar-refractivity contribution in [3.63, 3.8) is 0 Å². The lowest BCUT2D eigenvalue weighted by Crippen LogP contribution is -2.25. The molecule has 6 nitrogen and oxygen atoms in total. The molecular formula is C16H19O6-. The van der Waals surface area contributed by atoms with Crippen LogP contribution in [0, 0.1) is 5.92 Å². The van der Waals surface area contributed by atoms with Gasteiger partial charge in [-0.1, -0.05) is 31.5 Å². The minimum Gasteiger partial charge on any atom is -0.545 e. The molecule has 0 heterocycles. The van der Waals surface area contributed by atoms with Gasteiger partial charge in [0.05, 0.1) is 18.1 Å². The fourth-order valence-electron chi connectivity index (χ4n) is 2.06. The monoisotopic (exact) mass is 307 g/mol. The van der Waals surface area contributed by atoms with E-state index < -0.39 is 17.9 Å². The summed E-state index contributed by atoms with van der Waals surface area (Å²) < 4.78 is 5.15. The summed E-state index contributed by atoms with van der Waals surface area (Å²) in [4.78, 5) is 33.4. The SMILES string of the molecule is CCC(CCCC(=O)O)COC(=O)c1ccccc1C(=O)[O-]. The maximum absolute atomic E-state index is 12.0. The Morgan fingerprint density at radius 2 is 1.86 bits per heavy atom. The lowest BCUT2D eigenvalue weighted by atomic mass is 10.00. The topological polar surface area (TPSA) is 104 Å². The summed E-state index contributed by atoms with van der Waals surface area (Å²) in [7, 11) is 0. The van der Waals surface area contributed by atoms with Gasteiger partial charge in [-0.15, -0.1) is 0 Å². The van der Waals surface area contributed by atoms with Crippen LogP contribution in [0.5, 0.6) is 0 Å². The van der Waals surface area contributed by atoms with Crippen molar-refractivity contribution in [1.82, 2.24) is 0 Å². The number of benzene rings is 1. The molecule has 0 aliphatic rings. The normalized spacial score (nSPS) is 11.7. The number of ether oxygens (including phenoxy) is 1. The molecule has 0 saturated heterocycles. The van der Waals surface area contributed by atoms with E-state index in [9.17, 15) is 19.5 Å². The summed E-state index contributed by atoms with van der Waals surface area (Å²) in [6, 6.07) is 5.71. The molecule has 0 amide bonds. The highest BCUT2D eigenvalue weighted by atomic mass is 16.5. The van der Waals surface area contributed by atoms with E-state index >= 15 is 0 Å². The van der Waals surface area contributed by atoms with Crippen molar-refractivity contribution in [2.75, 3.05) is 6.61 Å². The number of hydrogen-bond donors (Lipinski definition) is 1. The molecule has 1 unspecified atom stereocenters. The van der Waals surface area contributed by atoms with Gasteiger partial charge in [-0.25, -0.2) is 4.79 Å². The Balaban J connectivity index is 2.57. The van der Waals surface area contributed by atoms with Gasteiger partial charge in [0.25, 0.3) is 0 Å². The summed E-state index contributed by atoms with van der Waals surface area (Å²) in [5.74, 6) is -2.94. The maximum atomic E-state index is 12.0. The standard InChI is InChI=1S/C16H20O6/c1-2-11(6-5-9-14(17)18)10-22-16(21)13-8-4-3-7-12(13)15(19)20/h3-4,7-8,11H,2,5-6,9-10H2,1H3,(H,17,18)(H,19,20)/p-1. The van der Waals surface area contributed by atoms with Crippen LogP contribution in [0.15, 0.2) is 24.3 Å². The van der Waals surface area contributed by atoms with Gasteiger partial charge in [0.2, 0.25) is 0 Å². The van der Waals surface area contributed by atoms with Crippen LogP contribution >= 0.6 is 0 Å². The Labute approximate surface area is 128 Å². The zero-order valence-corrected chi connectivity index (χ0v) is 12.4. The largest absolute Gasteiger partial charge is 0.545 e. The van der Waals surface area contributed by atoms with Gasteiger partial charge in [0, 0.05) is 12.0 Å². The third-order valence-electron chi connectivity index (χ3n) is 3.40. The van der Waals surface area contributed by atoms with E-state index in [0.29, 0.717) is 12.8 Å². The minimum atomic E-state index is -1.43. The molecule has 0 aliphatic carbocycles. The summed E-state index contributed by atoms with van der Waals surface area (Å²) in [5, 5.41) is 19.6. The van der Waals surface area contributed by atoms with E-state index in [1.165, 1.54) is 18.2 Å². The fraction of sp³-hybridized carbons (Fsp3) is 0.438. The smallest absolute Gasteiger partial charge is 0.338 e. The Bertz CT molecular complexity index is 537. The van der Waals surface area contributed by atoms with E-state index in [4.69, 9.17) is 9.84 Å². The number of carboxylic acids is 2. The highest BCUT2D eigenvalue weighted by Gasteiger charge is 2.15. The Hall–Kier alpha value is -2.37. The third-order valence-corrected chi connectivity index (χ3v) is 3.40. The van der Waals surface area contributed by atoms with Crippen LogP contribution in [0.2, 0.25) is 0 Å². The molecule has 0 saturated carbocycles. The molecule has 0 bridgehead atoms. The van der Waals surface area contributed by atoms with Crippen molar-refractivity contribution < 1.29 is 29.3 Å². The molecular weight excluding hydrogens is 288 g/mol. The second-order valence-electron chi connectivity index (χ2n) is 4.99. The molecule has 22 heavy (non-hydrogen) atoms. The van der Waals surface area contributed by atoms with Crippen molar-refractivity contribution in [1.29, 1.82) is 0 Å². The lowest BCUT2D eigenvalue weighted by molar-refractivity contribution is -0.255. The van der Waals surface area contributed by atoms with Crippen LogP contribution in [0.1, 0.15) is 53.3 Å². The van der Waals surface area contributed by atoms with Crippen molar-refractivity contribution in [3.05, 3.63) is 35.4 Å². The first-order chi connectivity index (χ1) is 10.5. The second kappa shape index (κ2) is 8.81. The zero-order valence-electron chi connectivity index (χ0n) is 12.4. The van der Waals surface area contributed by atoms with E-state index in [0.717, 1.165) is 6.42 Å². The van der Waals surface area contributed by atoms with E-state index in [2.05, 4.69) is 0 Å². The number of carbonyl (C=O) groups excluding carboxylic acids is 2. The molecule has 0 fully saturated rings.